The van der Waals surface area contributed by atoms with E-state index in [9.17, 15) is 4.79 Å². The van der Waals surface area contributed by atoms with Gasteiger partial charge in [-0.25, -0.2) is 0 Å². The summed E-state index contributed by atoms with van der Waals surface area (Å²) in [5, 5.41) is 10.1. The van der Waals surface area contributed by atoms with Gasteiger partial charge < -0.3 is 10.6 Å². The molecule has 0 fully saturated rings. The van der Waals surface area contributed by atoms with Crippen LogP contribution in [-0.4, -0.2) is 29.3 Å². The molecule has 76 valence electrons. The first-order chi connectivity index (χ1) is 6.74. The third-order valence-electron chi connectivity index (χ3n) is 2.56. The molecule has 0 atom stereocenters. The van der Waals surface area contributed by atoms with E-state index in [0.717, 1.165) is 30.8 Å². The van der Waals surface area contributed by atoms with Crippen LogP contribution in [0.4, 0.5) is 0 Å². The summed E-state index contributed by atoms with van der Waals surface area (Å²) in [5.41, 5.74) is 2.78. The van der Waals surface area contributed by atoms with Crippen molar-refractivity contribution in [1.29, 1.82) is 0 Å². The van der Waals surface area contributed by atoms with Gasteiger partial charge >= 0.3 is 0 Å². The summed E-state index contributed by atoms with van der Waals surface area (Å²) in [6, 6.07) is 0. The summed E-state index contributed by atoms with van der Waals surface area (Å²) in [7, 11) is 3.50. The molecule has 5 heteroatoms. The van der Waals surface area contributed by atoms with Crippen molar-refractivity contribution in [2.24, 2.45) is 7.05 Å². The molecule has 0 saturated heterocycles. The zero-order chi connectivity index (χ0) is 10.1. The molecule has 1 aliphatic rings. The van der Waals surface area contributed by atoms with Crippen LogP contribution >= 0.6 is 0 Å². The largest absolute Gasteiger partial charge is 0.354 e. The van der Waals surface area contributed by atoms with E-state index in [2.05, 4.69) is 15.7 Å². The van der Waals surface area contributed by atoms with Crippen molar-refractivity contribution in [2.75, 3.05) is 13.6 Å². The molecule has 2 rings (SSSR count). The highest BCUT2D eigenvalue weighted by molar-refractivity contribution is 5.93. The minimum atomic E-state index is -0.0938. The monoisotopic (exact) mass is 194 g/mol. The normalized spacial score (nSPS) is 15.0. The number of carbonyl (C=O) groups is 1. The summed E-state index contributed by atoms with van der Waals surface area (Å²) < 4.78 is 1.78. The highest BCUT2D eigenvalue weighted by Crippen LogP contribution is 2.17. The molecule has 0 spiro atoms. The van der Waals surface area contributed by atoms with Gasteiger partial charge in [0.25, 0.3) is 5.91 Å². The van der Waals surface area contributed by atoms with Crippen LogP contribution < -0.4 is 10.6 Å². The first kappa shape index (κ1) is 9.21. The Kier molecular flexibility index (Phi) is 2.25. The summed E-state index contributed by atoms with van der Waals surface area (Å²) in [6.07, 6.45) is 0.881. The molecule has 2 heterocycles. The molecule has 1 aromatic heterocycles. The van der Waals surface area contributed by atoms with E-state index in [-0.39, 0.29) is 5.91 Å². The summed E-state index contributed by atoms with van der Waals surface area (Å²) >= 11 is 0. The smallest absolute Gasteiger partial charge is 0.271 e. The predicted octanol–water partition coefficient (Wildman–Crippen LogP) is -0.575. The van der Waals surface area contributed by atoms with Crippen LogP contribution in [-0.2, 0) is 20.0 Å². The maximum absolute atomic E-state index is 11.5. The van der Waals surface area contributed by atoms with E-state index in [1.165, 1.54) is 0 Å². The summed E-state index contributed by atoms with van der Waals surface area (Å²) in [4.78, 5) is 11.5. The Morgan fingerprint density at radius 1 is 1.64 bits per heavy atom. The lowest BCUT2D eigenvalue weighted by molar-refractivity contribution is 0.0956. The van der Waals surface area contributed by atoms with Gasteiger partial charge in [-0.15, -0.1) is 0 Å². The average molecular weight is 194 g/mol. The predicted molar refractivity (Wildman–Crippen MR) is 52.0 cm³/mol. The maximum atomic E-state index is 11.5. The number of aryl methyl sites for hydroxylation is 1. The molecule has 0 aromatic carbocycles. The van der Waals surface area contributed by atoms with Crippen molar-refractivity contribution in [1.82, 2.24) is 20.4 Å². The minimum Gasteiger partial charge on any atom is -0.354 e. The second kappa shape index (κ2) is 3.42. The van der Waals surface area contributed by atoms with Crippen molar-refractivity contribution < 1.29 is 4.79 Å². The van der Waals surface area contributed by atoms with Crippen LogP contribution in [0, 0.1) is 0 Å². The van der Waals surface area contributed by atoms with Crippen molar-refractivity contribution in [3.8, 4) is 0 Å². The Hall–Kier alpha value is -1.36. The lowest BCUT2D eigenvalue weighted by Gasteiger charge is -2.13. The molecule has 0 aliphatic carbocycles. The van der Waals surface area contributed by atoms with Gasteiger partial charge in [-0.1, -0.05) is 0 Å². The second-order valence-corrected chi connectivity index (χ2v) is 3.40. The van der Waals surface area contributed by atoms with E-state index in [4.69, 9.17) is 0 Å². The first-order valence-electron chi connectivity index (χ1n) is 4.71. The Morgan fingerprint density at radius 3 is 3.14 bits per heavy atom. The third kappa shape index (κ3) is 1.29. The van der Waals surface area contributed by atoms with Gasteiger partial charge in [-0.05, 0) is 13.0 Å². The SMILES string of the molecule is CNC(=O)c1nn(C)c2c1CCNC2. The number of aromatic nitrogens is 2. The topological polar surface area (TPSA) is 59.0 Å². The molecule has 0 saturated carbocycles. The molecular formula is C9H14N4O. The van der Waals surface area contributed by atoms with Gasteiger partial charge in [-0.2, -0.15) is 5.10 Å². The molecular weight excluding hydrogens is 180 g/mol. The van der Waals surface area contributed by atoms with Gasteiger partial charge in [-0.3, -0.25) is 9.48 Å². The molecule has 14 heavy (non-hydrogen) atoms. The van der Waals surface area contributed by atoms with E-state index < -0.39 is 0 Å². The first-order valence-corrected chi connectivity index (χ1v) is 4.71. The Bertz CT molecular complexity index is 369. The third-order valence-corrected chi connectivity index (χ3v) is 2.56. The van der Waals surface area contributed by atoms with Crippen molar-refractivity contribution >= 4 is 5.91 Å². The highest BCUT2D eigenvalue weighted by Gasteiger charge is 2.22. The van der Waals surface area contributed by atoms with Crippen LogP contribution in [0.1, 0.15) is 21.7 Å². The standard InChI is InChI=1S/C9H14N4O/c1-10-9(14)8-6-3-4-11-5-7(6)13(2)12-8/h11H,3-5H2,1-2H3,(H,10,14). The van der Waals surface area contributed by atoms with E-state index in [1.54, 1.807) is 11.7 Å². The summed E-state index contributed by atoms with van der Waals surface area (Å²) in [5.74, 6) is -0.0938. The summed E-state index contributed by atoms with van der Waals surface area (Å²) in [6.45, 7) is 1.72. The molecule has 1 aromatic rings. The van der Waals surface area contributed by atoms with Gasteiger partial charge in [0.1, 0.15) is 0 Å². The van der Waals surface area contributed by atoms with Crippen molar-refractivity contribution in [2.45, 2.75) is 13.0 Å². The molecule has 0 radical (unpaired) electrons. The van der Waals surface area contributed by atoms with Crippen molar-refractivity contribution in [3.63, 3.8) is 0 Å². The number of nitrogens with one attached hydrogen (secondary N) is 2. The van der Waals surface area contributed by atoms with Gasteiger partial charge in [0.2, 0.25) is 0 Å². The van der Waals surface area contributed by atoms with Crippen LogP contribution in [0.15, 0.2) is 0 Å². The fourth-order valence-corrected chi connectivity index (χ4v) is 1.81. The van der Waals surface area contributed by atoms with E-state index in [0.29, 0.717) is 5.69 Å². The molecule has 2 N–H and O–H groups in total. The number of fused-ring (bicyclic) bond motifs is 1. The zero-order valence-corrected chi connectivity index (χ0v) is 8.42. The van der Waals surface area contributed by atoms with E-state index >= 15 is 0 Å². The molecule has 1 amide bonds. The minimum absolute atomic E-state index is 0.0938. The molecule has 0 unspecified atom stereocenters. The van der Waals surface area contributed by atoms with Crippen LogP contribution in [0.25, 0.3) is 0 Å². The van der Waals surface area contributed by atoms with Crippen molar-refractivity contribution in [3.05, 3.63) is 17.0 Å². The quantitative estimate of drug-likeness (QED) is 0.629. The van der Waals surface area contributed by atoms with Gasteiger partial charge in [0, 0.05) is 26.2 Å². The molecule has 0 bridgehead atoms. The Morgan fingerprint density at radius 2 is 2.43 bits per heavy atom. The number of amides is 1. The fraction of sp³-hybridized carbons (Fsp3) is 0.556. The molecule has 1 aliphatic heterocycles. The van der Waals surface area contributed by atoms with Crippen LogP contribution in [0.5, 0.6) is 0 Å². The maximum Gasteiger partial charge on any atom is 0.271 e. The van der Waals surface area contributed by atoms with Crippen LogP contribution in [0.3, 0.4) is 0 Å². The average Bonchev–Trinajstić information content (AvgIpc) is 2.56. The number of carbonyl (C=O) groups excluding carboxylic acids is 1. The second-order valence-electron chi connectivity index (χ2n) is 3.40. The lowest BCUT2D eigenvalue weighted by atomic mass is 10.1. The number of hydrogen-bond donors (Lipinski definition) is 2. The van der Waals surface area contributed by atoms with Gasteiger partial charge in [0.15, 0.2) is 5.69 Å². The number of rotatable bonds is 1. The lowest BCUT2D eigenvalue weighted by Crippen LogP contribution is -2.26. The zero-order valence-electron chi connectivity index (χ0n) is 8.42. The molecule has 5 nitrogen and oxygen atoms in total. The number of hydrogen-bond acceptors (Lipinski definition) is 3. The Balaban J connectivity index is 2.46. The van der Waals surface area contributed by atoms with Crippen LogP contribution in [0.2, 0.25) is 0 Å². The van der Waals surface area contributed by atoms with Gasteiger partial charge in [0.05, 0.1) is 5.69 Å². The fourth-order valence-electron chi connectivity index (χ4n) is 1.81. The van der Waals surface area contributed by atoms with E-state index in [1.807, 2.05) is 7.05 Å². The number of nitrogens with zero attached hydrogens (tertiary/aromatic N) is 2. The Labute approximate surface area is 82.5 Å². The highest BCUT2D eigenvalue weighted by atomic mass is 16.1.